The van der Waals surface area contributed by atoms with Crippen molar-refractivity contribution in [2.45, 2.75) is 19.9 Å². The Bertz CT molecular complexity index is 382. The van der Waals surface area contributed by atoms with Crippen LogP contribution in [0.4, 0.5) is 10.5 Å². The number of rotatable bonds is 3. The maximum absolute atomic E-state index is 11.5. The van der Waals surface area contributed by atoms with Gasteiger partial charge < -0.3 is 15.7 Å². The van der Waals surface area contributed by atoms with Gasteiger partial charge in [0.25, 0.3) is 0 Å². The van der Waals surface area contributed by atoms with Gasteiger partial charge >= 0.3 is 6.03 Å². The number of halogens is 1. The summed E-state index contributed by atoms with van der Waals surface area (Å²) >= 11 is 5.92. The number of aliphatic hydroxyl groups is 1. The second kappa shape index (κ2) is 5.72. The van der Waals surface area contributed by atoms with Gasteiger partial charge in [0.2, 0.25) is 0 Å². The molecule has 16 heavy (non-hydrogen) atoms. The summed E-state index contributed by atoms with van der Waals surface area (Å²) in [5.41, 5.74) is 1.57. The summed E-state index contributed by atoms with van der Waals surface area (Å²) < 4.78 is 0. The van der Waals surface area contributed by atoms with Crippen molar-refractivity contribution in [1.82, 2.24) is 5.32 Å². The summed E-state index contributed by atoms with van der Waals surface area (Å²) in [6.07, 6.45) is 0. The number of carbonyl (C=O) groups excluding carboxylic acids is 1. The molecule has 1 atom stereocenters. The van der Waals surface area contributed by atoms with Crippen molar-refractivity contribution in [3.05, 3.63) is 28.8 Å². The van der Waals surface area contributed by atoms with E-state index in [0.29, 0.717) is 10.7 Å². The molecule has 2 amide bonds. The van der Waals surface area contributed by atoms with Crippen molar-refractivity contribution in [2.75, 3.05) is 11.9 Å². The number of hydrogen-bond acceptors (Lipinski definition) is 2. The highest BCUT2D eigenvalue weighted by atomic mass is 35.5. The van der Waals surface area contributed by atoms with Gasteiger partial charge in [-0.05, 0) is 31.5 Å². The third kappa shape index (κ3) is 3.72. The standard InChI is InChI=1S/C11H15ClN2O2/c1-7-3-4-9(12)10(5-7)14-11(16)13-8(2)6-15/h3-5,8,15H,6H2,1-2H3,(H2,13,14,16). The van der Waals surface area contributed by atoms with E-state index in [2.05, 4.69) is 10.6 Å². The lowest BCUT2D eigenvalue weighted by Crippen LogP contribution is -2.38. The lowest BCUT2D eigenvalue weighted by Gasteiger charge is -2.13. The first-order chi connectivity index (χ1) is 7.52. The summed E-state index contributed by atoms with van der Waals surface area (Å²) in [6.45, 7) is 3.52. The number of nitrogens with one attached hydrogen (secondary N) is 2. The van der Waals surface area contributed by atoms with Gasteiger partial charge in [0, 0.05) is 0 Å². The van der Waals surface area contributed by atoms with Gasteiger partial charge in [-0.2, -0.15) is 0 Å². The van der Waals surface area contributed by atoms with E-state index in [1.807, 2.05) is 13.0 Å². The van der Waals surface area contributed by atoms with Crippen LogP contribution in [0.25, 0.3) is 0 Å². The summed E-state index contributed by atoms with van der Waals surface area (Å²) in [5, 5.41) is 14.5. The number of hydrogen-bond donors (Lipinski definition) is 3. The van der Waals surface area contributed by atoms with Crippen LogP contribution < -0.4 is 10.6 Å². The fourth-order valence-electron chi connectivity index (χ4n) is 1.16. The van der Waals surface area contributed by atoms with E-state index in [-0.39, 0.29) is 18.7 Å². The Kier molecular flexibility index (Phi) is 4.58. The SMILES string of the molecule is Cc1ccc(Cl)c(NC(=O)NC(C)CO)c1. The second-order valence-electron chi connectivity index (χ2n) is 3.67. The average Bonchev–Trinajstić information content (AvgIpc) is 2.23. The van der Waals surface area contributed by atoms with E-state index in [1.54, 1.807) is 19.1 Å². The predicted octanol–water partition coefficient (Wildman–Crippen LogP) is 2.15. The minimum atomic E-state index is -0.381. The van der Waals surface area contributed by atoms with Gasteiger partial charge in [0.1, 0.15) is 0 Å². The fraction of sp³-hybridized carbons (Fsp3) is 0.364. The Morgan fingerprint density at radius 1 is 1.56 bits per heavy atom. The number of benzene rings is 1. The van der Waals surface area contributed by atoms with Crippen molar-refractivity contribution in [3.8, 4) is 0 Å². The third-order valence-corrected chi connectivity index (χ3v) is 2.35. The molecule has 0 bridgehead atoms. The lowest BCUT2D eigenvalue weighted by atomic mass is 10.2. The van der Waals surface area contributed by atoms with Crippen molar-refractivity contribution in [1.29, 1.82) is 0 Å². The van der Waals surface area contributed by atoms with E-state index in [0.717, 1.165) is 5.56 Å². The molecule has 1 aromatic carbocycles. The van der Waals surface area contributed by atoms with E-state index < -0.39 is 0 Å². The molecule has 1 unspecified atom stereocenters. The summed E-state index contributed by atoms with van der Waals surface area (Å²) in [4.78, 5) is 11.5. The largest absolute Gasteiger partial charge is 0.394 e. The van der Waals surface area contributed by atoms with Gasteiger partial charge in [0.15, 0.2) is 0 Å². The maximum Gasteiger partial charge on any atom is 0.319 e. The molecule has 0 aromatic heterocycles. The number of aryl methyl sites for hydroxylation is 1. The first kappa shape index (κ1) is 12.8. The van der Waals surface area contributed by atoms with E-state index in [1.165, 1.54) is 0 Å². The molecular weight excluding hydrogens is 228 g/mol. The number of aliphatic hydroxyl groups excluding tert-OH is 1. The number of amides is 2. The topological polar surface area (TPSA) is 61.4 Å². The Morgan fingerprint density at radius 2 is 2.25 bits per heavy atom. The van der Waals surface area contributed by atoms with Gasteiger partial charge in [-0.25, -0.2) is 4.79 Å². The van der Waals surface area contributed by atoms with Crippen LogP contribution >= 0.6 is 11.6 Å². The van der Waals surface area contributed by atoms with Crippen LogP contribution in [-0.4, -0.2) is 23.8 Å². The summed E-state index contributed by atoms with van der Waals surface area (Å²) in [5.74, 6) is 0. The molecule has 5 heteroatoms. The molecule has 0 saturated carbocycles. The molecule has 4 nitrogen and oxygen atoms in total. The highest BCUT2D eigenvalue weighted by molar-refractivity contribution is 6.33. The van der Waals surface area contributed by atoms with Gasteiger partial charge in [-0.3, -0.25) is 0 Å². The van der Waals surface area contributed by atoms with E-state index >= 15 is 0 Å². The van der Waals surface area contributed by atoms with Crippen LogP contribution in [0.2, 0.25) is 5.02 Å². The number of carbonyl (C=O) groups is 1. The minimum Gasteiger partial charge on any atom is -0.394 e. The molecule has 0 spiro atoms. The van der Waals surface area contributed by atoms with Crippen molar-refractivity contribution >= 4 is 23.3 Å². The molecule has 0 fully saturated rings. The van der Waals surface area contributed by atoms with Crippen molar-refractivity contribution in [2.24, 2.45) is 0 Å². The Balaban J connectivity index is 2.65. The Labute approximate surface area is 99.6 Å². The van der Waals surface area contributed by atoms with Crippen LogP contribution in [0.15, 0.2) is 18.2 Å². The summed E-state index contributed by atoms with van der Waals surface area (Å²) in [6, 6.07) is 4.70. The van der Waals surface area contributed by atoms with Crippen LogP contribution in [-0.2, 0) is 0 Å². The maximum atomic E-state index is 11.5. The van der Waals surface area contributed by atoms with Gasteiger partial charge in [-0.15, -0.1) is 0 Å². The van der Waals surface area contributed by atoms with Gasteiger partial charge in [-0.1, -0.05) is 17.7 Å². The van der Waals surface area contributed by atoms with Gasteiger partial charge in [0.05, 0.1) is 23.4 Å². The third-order valence-electron chi connectivity index (χ3n) is 2.02. The van der Waals surface area contributed by atoms with E-state index in [4.69, 9.17) is 16.7 Å². The van der Waals surface area contributed by atoms with Crippen LogP contribution in [0.1, 0.15) is 12.5 Å². The molecule has 1 rings (SSSR count). The zero-order valence-electron chi connectivity index (χ0n) is 9.25. The first-order valence-corrected chi connectivity index (χ1v) is 5.35. The quantitative estimate of drug-likeness (QED) is 0.761. The second-order valence-corrected chi connectivity index (χ2v) is 4.07. The van der Waals surface area contributed by atoms with Crippen LogP contribution in [0.5, 0.6) is 0 Å². The Hall–Kier alpha value is -1.26. The highest BCUT2D eigenvalue weighted by Gasteiger charge is 2.08. The molecule has 0 aliphatic carbocycles. The average molecular weight is 243 g/mol. The molecule has 0 saturated heterocycles. The molecule has 0 aliphatic rings. The molecule has 1 aromatic rings. The molecular formula is C11H15ClN2O2. The van der Waals surface area contributed by atoms with E-state index in [9.17, 15) is 4.79 Å². The molecule has 0 heterocycles. The van der Waals surface area contributed by atoms with Crippen molar-refractivity contribution in [3.63, 3.8) is 0 Å². The zero-order valence-corrected chi connectivity index (χ0v) is 10.0. The number of anilines is 1. The highest BCUT2D eigenvalue weighted by Crippen LogP contribution is 2.22. The molecule has 0 radical (unpaired) electrons. The van der Waals surface area contributed by atoms with Crippen molar-refractivity contribution < 1.29 is 9.90 Å². The van der Waals surface area contributed by atoms with Crippen LogP contribution in [0.3, 0.4) is 0 Å². The molecule has 3 N–H and O–H groups in total. The first-order valence-electron chi connectivity index (χ1n) is 4.97. The monoisotopic (exact) mass is 242 g/mol. The minimum absolute atomic E-state index is 0.102. The zero-order chi connectivity index (χ0) is 12.1. The normalized spacial score (nSPS) is 12.0. The van der Waals surface area contributed by atoms with Crippen LogP contribution in [0, 0.1) is 6.92 Å². The predicted molar refractivity (Wildman–Crippen MR) is 64.9 cm³/mol. The number of urea groups is 1. The Morgan fingerprint density at radius 3 is 2.88 bits per heavy atom. The summed E-state index contributed by atoms with van der Waals surface area (Å²) in [7, 11) is 0. The smallest absolute Gasteiger partial charge is 0.319 e. The molecule has 88 valence electrons. The molecule has 0 aliphatic heterocycles. The lowest BCUT2D eigenvalue weighted by molar-refractivity contribution is 0.229. The fourth-order valence-corrected chi connectivity index (χ4v) is 1.33.